The summed E-state index contributed by atoms with van der Waals surface area (Å²) >= 11 is 17.3. The van der Waals surface area contributed by atoms with E-state index >= 15 is 0 Å². The predicted octanol–water partition coefficient (Wildman–Crippen LogP) is 5.49. The van der Waals surface area contributed by atoms with Gasteiger partial charge < -0.3 is 10.6 Å². The van der Waals surface area contributed by atoms with Crippen LogP contribution in [0.5, 0.6) is 0 Å². The fourth-order valence-corrected chi connectivity index (χ4v) is 3.97. The maximum Gasteiger partial charge on any atom is 0.170 e. The van der Waals surface area contributed by atoms with Crippen molar-refractivity contribution < 1.29 is 0 Å². The fourth-order valence-electron chi connectivity index (χ4n) is 3.38. The highest BCUT2D eigenvalue weighted by atomic mass is 35.5. The van der Waals surface area contributed by atoms with Gasteiger partial charge in [-0.3, -0.25) is 0 Å². The first-order valence-electron chi connectivity index (χ1n) is 7.28. The second-order valence-corrected chi connectivity index (χ2v) is 8.06. The van der Waals surface area contributed by atoms with Crippen LogP contribution in [0, 0.1) is 11.3 Å². The molecule has 1 aromatic carbocycles. The largest absolute Gasteiger partial charge is 0.360 e. The molecule has 2 atom stereocenters. The molecule has 1 aromatic rings. The molecule has 2 nitrogen and oxygen atoms in total. The molecule has 0 saturated heterocycles. The number of halogens is 2. The highest BCUT2D eigenvalue weighted by Crippen LogP contribution is 2.38. The van der Waals surface area contributed by atoms with Gasteiger partial charge in [0, 0.05) is 11.7 Å². The number of rotatable bonds is 2. The van der Waals surface area contributed by atoms with Gasteiger partial charge in [-0.05, 0) is 61.0 Å². The van der Waals surface area contributed by atoms with Crippen LogP contribution in [0.3, 0.4) is 0 Å². The van der Waals surface area contributed by atoms with E-state index in [1.165, 1.54) is 6.42 Å². The summed E-state index contributed by atoms with van der Waals surface area (Å²) in [5, 5.41) is 8.32. The first-order valence-corrected chi connectivity index (χ1v) is 8.44. The van der Waals surface area contributed by atoms with Gasteiger partial charge in [0.1, 0.15) is 0 Å². The minimum atomic E-state index is 0.370. The van der Waals surface area contributed by atoms with Crippen molar-refractivity contribution in [2.75, 3.05) is 5.32 Å². The Morgan fingerprint density at radius 2 is 1.95 bits per heavy atom. The summed E-state index contributed by atoms with van der Waals surface area (Å²) in [6.07, 6.45) is 3.57. The molecule has 0 radical (unpaired) electrons. The minimum absolute atomic E-state index is 0.370. The van der Waals surface area contributed by atoms with Gasteiger partial charge in [0.05, 0.1) is 10.0 Å². The molecule has 0 heterocycles. The van der Waals surface area contributed by atoms with E-state index < -0.39 is 0 Å². The summed E-state index contributed by atoms with van der Waals surface area (Å²) in [6, 6.07) is 5.84. The van der Waals surface area contributed by atoms with Gasteiger partial charge in [-0.15, -0.1) is 0 Å². The highest BCUT2D eigenvalue weighted by Gasteiger charge is 2.32. The number of hydrogen-bond acceptors (Lipinski definition) is 1. The summed E-state index contributed by atoms with van der Waals surface area (Å²) in [7, 11) is 0. The van der Waals surface area contributed by atoms with Crippen molar-refractivity contribution in [1.82, 2.24) is 5.32 Å². The van der Waals surface area contributed by atoms with Crippen LogP contribution in [0.2, 0.25) is 10.0 Å². The van der Waals surface area contributed by atoms with E-state index in [1.807, 2.05) is 6.07 Å². The third-order valence-electron chi connectivity index (χ3n) is 3.90. The Hall–Kier alpha value is -0.510. The molecule has 1 aliphatic carbocycles. The summed E-state index contributed by atoms with van der Waals surface area (Å²) in [5.74, 6) is 0.721. The van der Waals surface area contributed by atoms with Crippen LogP contribution < -0.4 is 10.6 Å². The Morgan fingerprint density at radius 1 is 1.24 bits per heavy atom. The predicted molar refractivity (Wildman–Crippen MR) is 96.4 cm³/mol. The number of thiocarbonyl (C=S) groups is 1. The third-order valence-corrected chi connectivity index (χ3v) is 4.86. The van der Waals surface area contributed by atoms with Crippen LogP contribution in [-0.4, -0.2) is 11.2 Å². The lowest BCUT2D eigenvalue weighted by molar-refractivity contribution is 0.162. The van der Waals surface area contributed by atoms with Gasteiger partial charge in [0.2, 0.25) is 0 Å². The number of anilines is 1. The van der Waals surface area contributed by atoms with Crippen molar-refractivity contribution in [3.05, 3.63) is 28.2 Å². The van der Waals surface area contributed by atoms with Crippen molar-refractivity contribution in [3.63, 3.8) is 0 Å². The smallest absolute Gasteiger partial charge is 0.170 e. The third kappa shape index (κ3) is 5.01. The topological polar surface area (TPSA) is 24.1 Å². The molecule has 0 aromatic heterocycles. The van der Waals surface area contributed by atoms with Gasteiger partial charge in [-0.2, -0.15) is 0 Å². The Kier molecular flexibility index (Phi) is 5.39. The molecule has 5 heteroatoms. The summed E-state index contributed by atoms with van der Waals surface area (Å²) < 4.78 is 0. The van der Waals surface area contributed by atoms with Gasteiger partial charge in [0.25, 0.3) is 0 Å². The second-order valence-electron chi connectivity index (χ2n) is 6.84. The molecular formula is C16H22Cl2N2S. The van der Waals surface area contributed by atoms with E-state index in [0.29, 0.717) is 26.6 Å². The van der Waals surface area contributed by atoms with Crippen molar-refractivity contribution in [2.24, 2.45) is 11.3 Å². The van der Waals surface area contributed by atoms with Crippen LogP contribution in [0.15, 0.2) is 18.2 Å². The van der Waals surface area contributed by atoms with Crippen molar-refractivity contribution >= 4 is 46.2 Å². The van der Waals surface area contributed by atoms with Crippen molar-refractivity contribution in [1.29, 1.82) is 0 Å². The van der Waals surface area contributed by atoms with Gasteiger partial charge in [0.15, 0.2) is 5.11 Å². The molecule has 0 bridgehead atoms. The molecule has 0 spiro atoms. The zero-order chi connectivity index (χ0) is 15.6. The van der Waals surface area contributed by atoms with Gasteiger partial charge >= 0.3 is 0 Å². The molecule has 116 valence electrons. The number of nitrogens with one attached hydrogen (secondary N) is 2. The maximum absolute atomic E-state index is 6.01. The SMILES string of the molecule is CC1CC(NC(=S)Nc2ccc(Cl)c(Cl)c2)CC(C)(C)C1. The van der Waals surface area contributed by atoms with Crippen LogP contribution in [0.4, 0.5) is 5.69 Å². The molecule has 21 heavy (non-hydrogen) atoms. The zero-order valence-electron chi connectivity index (χ0n) is 12.7. The number of benzene rings is 1. The van der Waals surface area contributed by atoms with Crippen LogP contribution in [0.1, 0.15) is 40.0 Å². The van der Waals surface area contributed by atoms with Crippen LogP contribution >= 0.6 is 35.4 Å². The molecule has 2 rings (SSSR count). The van der Waals surface area contributed by atoms with E-state index in [-0.39, 0.29) is 0 Å². The lowest BCUT2D eigenvalue weighted by Crippen LogP contribution is -2.44. The molecule has 2 unspecified atom stereocenters. The molecular weight excluding hydrogens is 323 g/mol. The van der Waals surface area contributed by atoms with Crippen LogP contribution in [0.25, 0.3) is 0 Å². The molecule has 1 fully saturated rings. The Morgan fingerprint density at radius 3 is 2.57 bits per heavy atom. The Balaban J connectivity index is 1.93. The quantitative estimate of drug-likeness (QED) is 0.693. The molecule has 0 amide bonds. The molecule has 2 N–H and O–H groups in total. The maximum atomic E-state index is 6.01. The average molecular weight is 345 g/mol. The first-order chi connectivity index (χ1) is 9.75. The minimum Gasteiger partial charge on any atom is -0.360 e. The summed E-state index contributed by atoms with van der Waals surface area (Å²) in [6.45, 7) is 6.96. The number of hydrogen-bond donors (Lipinski definition) is 2. The fraction of sp³-hybridized carbons (Fsp3) is 0.562. The summed E-state index contributed by atoms with van der Waals surface area (Å²) in [5.41, 5.74) is 1.22. The zero-order valence-corrected chi connectivity index (χ0v) is 15.0. The average Bonchev–Trinajstić information content (AvgIpc) is 2.31. The lowest BCUT2D eigenvalue weighted by atomic mass is 9.71. The standard InChI is InChI=1S/C16H22Cl2N2S/c1-10-6-12(9-16(2,3)8-10)20-15(21)19-11-4-5-13(17)14(18)7-11/h4-5,7,10,12H,6,8-9H2,1-3H3,(H2,19,20,21). The van der Waals surface area contributed by atoms with Gasteiger partial charge in [-0.25, -0.2) is 0 Å². The molecule has 1 aliphatic rings. The Labute approximate surface area is 142 Å². The summed E-state index contributed by atoms with van der Waals surface area (Å²) in [4.78, 5) is 0. The van der Waals surface area contributed by atoms with Crippen molar-refractivity contribution in [2.45, 2.75) is 46.1 Å². The normalized spacial score (nSPS) is 24.4. The van der Waals surface area contributed by atoms with E-state index in [2.05, 4.69) is 31.4 Å². The van der Waals surface area contributed by atoms with Gasteiger partial charge in [-0.1, -0.05) is 44.0 Å². The van der Waals surface area contributed by atoms with E-state index in [4.69, 9.17) is 35.4 Å². The second kappa shape index (κ2) is 6.72. The highest BCUT2D eigenvalue weighted by molar-refractivity contribution is 7.80. The van der Waals surface area contributed by atoms with Crippen molar-refractivity contribution in [3.8, 4) is 0 Å². The van der Waals surface area contributed by atoms with E-state index in [0.717, 1.165) is 24.4 Å². The van der Waals surface area contributed by atoms with Crippen LogP contribution in [-0.2, 0) is 0 Å². The van der Waals surface area contributed by atoms with E-state index in [1.54, 1.807) is 12.1 Å². The molecule has 0 aliphatic heterocycles. The monoisotopic (exact) mass is 344 g/mol. The lowest BCUT2D eigenvalue weighted by Gasteiger charge is -2.39. The Bertz CT molecular complexity index is 531. The first kappa shape index (κ1) is 16.9. The van der Waals surface area contributed by atoms with E-state index in [9.17, 15) is 0 Å². The molecule has 1 saturated carbocycles.